The molecule has 0 atom stereocenters. The van der Waals surface area contributed by atoms with Crippen LogP contribution in [0.15, 0.2) is 51.4 Å². The fourth-order valence-electron chi connectivity index (χ4n) is 2.17. The van der Waals surface area contributed by atoms with E-state index in [1.54, 1.807) is 24.1 Å². The molecular formula is C18H18Br2FN3O2. The van der Waals surface area contributed by atoms with Crippen molar-refractivity contribution in [1.82, 2.24) is 4.90 Å². The number of hydrogen-bond acceptors (Lipinski definition) is 3. The lowest BCUT2D eigenvalue weighted by Crippen LogP contribution is -2.32. The van der Waals surface area contributed by atoms with Gasteiger partial charge in [-0.15, -0.1) is 0 Å². The summed E-state index contributed by atoms with van der Waals surface area (Å²) in [5.74, 6) is -1.00. The van der Waals surface area contributed by atoms with Crippen LogP contribution in [0.25, 0.3) is 0 Å². The Kier molecular flexibility index (Phi) is 7.74. The van der Waals surface area contributed by atoms with E-state index in [4.69, 9.17) is 0 Å². The van der Waals surface area contributed by atoms with E-state index in [2.05, 4.69) is 42.5 Å². The summed E-state index contributed by atoms with van der Waals surface area (Å²) in [4.78, 5) is 25.7. The molecule has 0 radical (unpaired) electrons. The zero-order valence-corrected chi connectivity index (χ0v) is 17.2. The first-order chi connectivity index (χ1) is 12.3. The lowest BCUT2D eigenvalue weighted by molar-refractivity contribution is -0.119. The monoisotopic (exact) mass is 485 g/mol. The smallest absolute Gasteiger partial charge is 0.238 e. The fourth-order valence-corrected chi connectivity index (χ4v) is 2.89. The van der Waals surface area contributed by atoms with Gasteiger partial charge < -0.3 is 10.6 Å². The summed E-state index contributed by atoms with van der Waals surface area (Å²) in [5.41, 5.74) is 0.821. The van der Waals surface area contributed by atoms with Crippen molar-refractivity contribution >= 4 is 55.0 Å². The van der Waals surface area contributed by atoms with E-state index in [0.29, 0.717) is 16.7 Å². The van der Waals surface area contributed by atoms with Crippen molar-refractivity contribution in [2.45, 2.75) is 6.42 Å². The first-order valence-electron chi connectivity index (χ1n) is 7.83. The predicted octanol–water partition coefficient (Wildman–Crippen LogP) is 4.25. The standard InChI is InChI=1S/C18H18Br2FN3O2/c1-24(11-18(26)22-15-5-3-2-4-13(15)20)9-8-17(25)23-16-7-6-12(19)10-14(16)21/h2-7,10H,8-9,11H2,1H3,(H,22,26)(H,23,25). The number of halogens is 3. The molecule has 2 aromatic rings. The van der Waals surface area contributed by atoms with Crippen molar-refractivity contribution < 1.29 is 14.0 Å². The topological polar surface area (TPSA) is 61.4 Å². The molecule has 26 heavy (non-hydrogen) atoms. The maximum Gasteiger partial charge on any atom is 0.238 e. The highest BCUT2D eigenvalue weighted by Crippen LogP contribution is 2.21. The van der Waals surface area contributed by atoms with Gasteiger partial charge in [-0.3, -0.25) is 14.5 Å². The minimum absolute atomic E-state index is 0.132. The molecule has 0 fully saturated rings. The van der Waals surface area contributed by atoms with Gasteiger partial charge in [0.15, 0.2) is 0 Å². The maximum absolute atomic E-state index is 13.7. The Balaban J connectivity index is 1.77. The third-order valence-electron chi connectivity index (χ3n) is 3.49. The number of benzene rings is 2. The highest BCUT2D eigenvalue weighted by atomic mass is 79.9. The van der Waals surface area contributed by atoms with Gasteiger partial charge in [0.05, 0.1) is 17.9 Å². The Morgan fingerprint density at radius 3 is 2.42 bits per heavy atom. The SMILES string of the molecule is CN(CCC(=O)Nc1ccc(Br)cc1F)CC(=O)Nc1ccccc1Br. The number of amides is 2. The van der Waals surface area contributed by atoms with Crippen LogP contribution in [-0.2, 0) is 9.59 Å². The Bertz CT molecular complexity index is 802. The molecule has 0 aliphatic heterocycles. The largest absolute Gasteiger partial charge is 0.324 e. The highest BCUT2D eigenvalue weighted by molar-refractivity contribution is 9.10. The van der Waals surface area contributed by atoms with Gasteiger partial charge in [0.1, 0.15) is 5.82 Å². The second-order valence-electron chi connectivity index (χ2n) is 5.69. The number of nitrogens with zero attached hydrogens (tertiary/aromatic N) is 1. The average molecular weight is 487 g/mol. The van der Waals surface area contributed by atoms with Gasteiger partial charge in [-0.2, -0.15) is 0 Å². The molecule has 5 nitrogen and oxygen atoms in total. The summed E-state index contributed by atoms with van der Waals surface area (Å²) in [6, 6.07) is 11.7. The van der Waals surface area contributed by atoms with Crippen molar-refractivity contribution in [3.05, 3.63) is 57.2 Å². The highest BCUT2D eigenvalue weighted by Gasteiger charge is 2.12. The Morgan fingerprint density at radius 2 is 1.73 bits per heavy atom. The van der Waals surface area contributed by atoms with Crippen molar-refractivity contribution in [2.75, 3.05) is 30.8 Å². The summed E-state index contributed by atoms with van der Waals surface area (Å²) in [7, 11) is 1.74. The normalized spacial score (nSPS) is 10.7. The molecule has 138 valence electrons. The predicted molar refractivity (Wildman–Crippen MR) is 108 cm³/mol. The number of carbonyl (C=O) groups is 2. The van der Waals surface area contributed by atoms with E-state index >= 15 is 0 Å². The summed E-state index contributed by atoms with van der Waals surface area (Å²) < 4.78 is 15.1. The first-order valence-corrected chi connectivity index (χ1v) is 9.41. The van der Waals surface area contributed by atoms with Crippen LogP contribution in [0.1, 0.15) is 6.42 Å². The van der Waals surface area contributed by atoms with Gasteiger partial charge in [0.25, 0.3) is 0 Å². The van der Waals surface area contributed by atoms with Gasteiger partial charge in [0, 0.05) is 21.9 Å². The fraction of sp³-hybridized carbons (Fsp3) is 0.222. The molecular weight excluding hydrogens is 469 g/mol. The van der Waals surface area contributed by atoms with Crippen LogP contribution < -0.4 is 10.6 Å². The summed E-state index contributed by atoms with van der Waals surface area (Å²) in [6.07, 6.45) is 0.147. The van der Waals surface area contributed by atoms with Gasteiger partial charge in [-0.05, 0) is 53.3 Å². The van der Waals surface area contributed by atoms with Crippen molar-refractivity contribution in [2.24, 2.45) is 0 Å². The molecule has 2 amide bonds. The Hall–Kier alpha value is -1.77. The van der Waals surface area contributed by atoms with Crippen LogP contribution in [0.5, 0.6) is 0 Å². The summed E-state index contributed by atoms with van der Waals surface area (Å²) in [5, 5.41) is 5.32. The van der Waals surface area contributed by atoms with Gasteiger partial charge >= 0.3 is 0 Å². The number of para-hydroxylation sites is 1. The van der Waals surface area contributed by atoms with Gasteiger partial charge in [-0.25, -0.2) is 4.39 Å². The Labute approximate surface area is 168 Å². The quantitative estimate of drug-likeness (QED) is 0.615. The third kappa shape index (κ3) is 6.51. The number of nitrogens with one attached hydrogen (secondary N) is 2. The van der Waals surface area contributed by atoms with Crippen LogP contribution in [0.4, 0.5) is 15.8 Å². The van der Waals surface area contributed by atoms with Crippen LogP contribution in [0.3, 0.4) is 0 Å². The van der Waals surface area contributed by atoms with Crippen molar-refractivity contribution in [3.8, 4) is 0 Å². The molecule has 0 heterocycles. The molecule has 2 aromatic carbocycles. The van der Waals surface area contributed by atoms with Crippen molar-refractivity contribution in [3.63, 3.8) is 0 Å². The van der Waals surface area contributed by atoms with E-state index in [0.717, 1.165) is 4.47 Å². The molecule has 0 bridgehead atoms. The zero-order chi connectivity index (χ0) is 19.1. The van der Waals surface area contributed by atoms with E-state index in [1.807, 2.05) is 18.2 Å². The molecule has 0 saturated heterocycles. The van der Waals surface area contributed by atoms with Crippen molar-refractivity contribution in [1.29, 1.82) is 0 Å². The van der Waals surface area contributed by atoms with E-state index < -0.39 is 5.82 Å². The second kappa shape index (κ2) is 9.80. The minimum Gasteiger partial charge on any atom is -0.324 e. The molecule has 8 heteroatoms. The van der Waals surface area contributed by atoms with E-state index in [1.165, 1.54) is 12.1 Å². The first kappa shape index (κ1) is 20.5. The number of likely N-dealkylation sites (N-methyl/N-ethyl adjacent to an activating group) is 1. The number of carbonyl (C=O) groups excluding carboxylic acids is 2. The maximum atomic E-state index is 13.7. The summed E-state index contributed by atoms with van der Waals surface area (Å²) in [6.45, 7) is 0.509. The van der Waals surface area contributed by atoms with Crippen LogP contribution in [0.2, 0.25) is 0 Å². The molecule has 0 spiro atoms. The average Bonchev–Trinajstić information content (AvgIpc) is 2.57. The molecule has 0 aliphatic rings. The van der Waals surface area contributed by atoms with E-state index in [9.17, 15) is 14.0 Å². The lowest BCUT2D eigenvalue weighted by atomic mass is 10.3. The van der Waals surface area contributed by atoms with Crippen LogP contribution >= 0.6 is 31.9 Å². The third-order valence-corrected chi connectivity index (χ3v) is 4.67. The van der Waals surface area contributed by atoms with E-state index in [-0.39, 0.29) is 30.5 Å². The molecule has 2 N–H and O–H groups in total. The molecule has 0 aromatic heterocycles. The number of hydrogen-bond donors (Lipinski definition) is 2. The lowest BCUT2D eigenvalue weighted by Gasteiger charge is -2.16. The molecule has 0 unspecified atom stereocenters. The van der Waals surface area contributed by atoms with Crippen LogP contribution in [-0.4, -0.2) is 36.9 Å². The molecule has 0 aliphatic carbocycles. The van der Waals surface area contributed by atoms with Crippen LogP contribution in [0, 0.1) is 5.82 Å². The number of anilines is 2. The molecule has 2 rings (SSSR count). The van der Waals surface area contributed by atoms with Gasteiger partial charge in [0.2, 0.25) is 11.8 Å². The van der Waals surface area contributed by atoms with Gasteiger partial charge in [-0.1, -0.05) is 28.1 Å². The minimum atomic E-state index is -0.506. The number of rotatable bonds is 7. The zero-order valence-electron chi connectivity index (χ0n) is 14.1. The Morgan fingerprint density at radius 1 is 1.04 bits per heavy atom. The summed E-state index contributed by atoms with van der Waals surface area (Å²) >= 11 is 6.53. The molecule has 0 saturated carbocycles. The second-order valence-corrected chi connectivity index (χ2v) is 7.46.